The summed E-state index contributed by atoms with van der Waals surface area (Å²) < 4.78 is 6.76. The van der Waals surface area contributed by atoms with E-state index in [1.165, 1.54) is 10.6 Å². The van der Waals surface area contributed by atoms with E-state index in [0.717, 1.165) is 5.56 Å². The lowest BCUT2D eigenvalue weighted by molar-refractivity contribution is -0.124. The Bertz CT molecular complexity index is 828. The molecular weight excluding hydrogens is 342 g/mol. The fourth-order valence-corrected chi connectivity index (χ4v) is 2.95. The van der Waals surface area contributed by atoms with Crippen LogP contribution in [0, 0.1) is 0 Å². The Morgan fingerprint density at radius 3 is 2.68 bits per heavy atom. The van der Waals surface area contributed by atoms with E-state index in [9.17, 15) is 9.59 Å². The largest absolute Gasteiger partial charge is 0.381 e. The molecule has 1 aliphatic heterocycles. The molecule has 3 rings (SSSR count). The maximum Gasteiger partial charge on any atom is 0.250 e. The van der Waals surface area contributed by atoms with Crippen molar-refractivity contribution in [2.75, 3.05) is 18.5 Å². The molecule has 132 valence electrons. The zero-order valence-corrected chi connectivity index (χ0v) is 14.5. The highest BCUT2D eigenvalue weighted by molar-refractivity contribution is 6.31. The van der Waals surface area contributed by atoms with Gasteiger partial charge < -0.3 is 20.4 Å². The quantitative estimate of drug-likeness (QED) is 0.872. The van der Waals surface area contributed by atoms with Crippen LogP contribution in [0.15, 0.2) is 47.4 Å². The topological polar surface area (TPSA) is 86.4 Å². The highest BCUT2D eigenvalue weighted by Crippen LogP contribution is 2.20. The highest BCUT2D eigenvalue weighted by Gasteiger charge is 2.35. The molecule has 1 saturated heterocycles. The number of nitrogens with one attached hydrogen (secondary N) is 1. The third-order valence-electron chi connectivity index (χ3n) is 4.38. The number of carbonyl (C=O) groups excluding carboxylic acids is 1. The molecule has 0 atom stereocenters. The average molecular weight is 362 g/mol. The molecule has 1 fully saturated rings. The number of hydrogen-bond donors (Lipinski definition) is 2. The Balaban J connectivity index is 1.78. The first-order valence-corrected chi connectivity index (χ1v) is 8.48. The number of amides is 1. The third kappa shape index (κ3) is 4.10. The van der Waals surface area contributed by atoms with Crippen molar-refractivity contribution >= 4 is 23.2 Å². The lowest BCUT2D eigenvalue weighted by atomic mass is 9.90. The van der Waals surface area contributed by atoms with Gasteiger partial charge in [0.1, 0.15) is 5.54 Å². The predicted molar refractivity (Wildman–Crippen MR) is 96.9 cm³/mol. The maximum absolute atomic E-state index is 12.5. The summed E-state index contributed by atoms with van der Waals surface area (Å²) in [5.74, 6) is -0.265. The van der Waals surface area contributed by atoms with E-state index in [2.05, 4.69) is 5.32 Å². The summed E-state index contributed by atoms with van der Waals surface area (Å²) in [6.07, 6.45) is 2.54. The molecule has 0 unspecified atom stereocenters. The normalized spacial score (nSPS) is 16.4. The molecule has 3 N–H and O–H groups in total. The lowest BCUT2D eigenvalue weighted by Gasteiger charge is -2.31. The van der Waals surface area contributed by atoms with E-state index in [1.807, 2.05) is 18.2 Å². The fraction of sp³-hybridized carbons (Fsp3) is 0.333. The van der Waals surface area contributed by atoms with Crippen LogP contribution in [0.5, 0.6) is 0 Å². The minimum atomic E-state index is -0.943. The number of rotatable bonds is 4. The first-order valence-electron chi connectivity index (χ1n) is 8.10. The number of halogens is 1. The molecular formula is C18H20ClN3O3. The predicted octanol–water partition coefficient (Wildman–Crippen LogP) is 2.00. The maximum atomic E-state index is 12.5. The van der Waals surface area contributed by atoms with Crippen molar-refractivity contribution in [2.24, 2.45) is 5.73 Å². The van der Waals surface area contributed by atoms with Crippen LogP contribution in [0.1, 0.15) is 18.4 Å². The van der Waals surface area contributed by atoms with Crippen LogP contribution < -0.4 is 16.6 Å². The molecule has 0 radical (unpaired) electrons. The first kappa shape index (κ1) is 17.7. The molecule has 25 heavy (non-hydrogen) atoms. The van der Waals surface area contributed by atoms with Crippen LogP contribution in [0.4, 0.5) is 5.69 Å². The number of nitrogens with zero attached hydrogens (tertiary/aromatic N) is 1. The summed E-state index contributed by atoms with van der Waals surface area (Å²) in [5.41, 5.74) is 6.42. The highest BCUT2D eigenvalue weighted by atomic mass is 35.5. The Morgan fingerprint density at radius 1 is 1.24 bits per heavy atom. The van der Waals surface area contributed by atoms with Crippen LogP contribution in [0.2, 0.25) is 5.02 Å². The zero-order chi connectivity index (χ0) is 17.9. The van der Waals surface area contributed by atoms with E-state index >= 15 is 0 Å². The second kappa shape index (κ2) is 7.39. The van der Waals surface area contributed by atoms with Gasteiger partial charge in [-0.05, 0) is 30.5 Å². The summed E-state index contributed by atoms with van der Waals surface area (Å²) in [6, 6.07) is 10.3. The second-order valence-electron chi connectivity index (χ2n) is 6.20. The van der Waals surface area contributed by atoms with Gasteiger partial charge in [-0.3, -0.25) is 9.59 Å². The molecule has 1 amide bonds. The van der Waals surface area contributed by atoms with Gasteiger partial charge in [0.05, 0.1) is 12.2 Å². The Labute approximate surface area is 150 Å². The van der Waals surface area contributed by atoms with Gasteiger partial charge in [0.25, 0.3) is 5.56 Å². The van der Waals surface area contributed by atoms with E-state index < -0.39 is 5.54 Å². The third-order valence-corrected chi connectivity index (χ3v) is 4.75. The van der Waals surface area contributed by atoms with Gasteiger partial charge in [-0.15, -0.1) is 0 Å². The van der Waals surface area contributed by atoms with E-state index in [0.29, 0.717) is 43.3 Å². The van der Waals surface area contributed by atoms with Crippen LogP contribution in [-0.2, 0) is 16.1 Å². The molecule has 2 heterocycles. The summed E-state index contributed by atoms with van der Waals surface area (Å²) in [4.78, 5) is 24.6. The van der Waals surface area contributed by atoms with Gasteiger partial charge in [-0.1, -0.05) is 29.8 Å². The summed E-state index contributed by atoms with van der Waals surface area (Å²) in [7, 11) is 0. The number of ether oxygens (including phenoxy) is 1. The standard InChI is InChI=1S/C18H20ClN3O3/c19-15-4-2-1-3-13(15)11-22-12-14(5-6-16(22)23)21-17(24)18(20)7-9-25-10-8-18/h1-6,12H,7-11,20H2,(H,21,24). The van der Waals surface area contributed by atoms with Crippen LogP contribution in [0.25, 0.3) is 0 Å². The molecule has 1 aliphatic rings. The van der Waals surface area contributed by atoms with E-state index in [4.69, 9.17) is 22.1 Å². The van der Waals surface area contributed by atoms with Gasteiger partial charge in [0.2, 0.25) is 5.91 Å². The van der Waals surface area contributed by atoms with Crippen molar-refractivity contribution in [3.8, 4) is 0 Å². The van der Waals surface area contributed by atoms with Crippen molar-refractivity contribution in [3.63, 3.8) is 0 Å². The minimum Gasteiger partial charge on any atom is -0.381 e. The Hall–Kier alpha value is -2.15. The SMILES string of the molecule is NC1(C(=O)Nc2ccc(=O)n(Cc3ccccc3Cl)c2)CCOCC1. The molecule has 6 nitrogen and oxygen atoms in total. The smallest absolute Gasteiger partial charge is 0.250 e. The Kier molecular flexibility index (Phi) is 5.22. The number of hydrogen-bond acceptors (Lipinski definition) is 4. The second-order valence-corrected chi connectivity index (χ2v) is 6.61. The number of carbonyl (C=O) groups is 1. The number of aromatic nitrogens is 1. The molecule has 1 aromatic heterocycles. The van der Waals surface area contributed by atoms with Crippen molar-refractivity contribution in [1.82, 2.24) is 4.57 Å². The zero-order valence-electron chi connectivity index (χ0n) is 13.7. The van der Waals surface area contributed by atoms with Crippen molar-refractivity contribution in [1.29, 1.82) is 0 Å². The lowest BCUT2D eigenvalue weighted by Crippen LogP contribution is -2.54. The van der Waals surface area contributed by atoms with Gasteiger partial charge in [0, 0.05) is 30.5 Å². The van der Waals surface area contributed by atoms with Crippen LogP contribution in [0.3, 0.4) is 0 Å². The first-order chi connectivity index (χ1) is 12.0. The number of anilines is 1. The number of nitrogens with two attached hydrogens (primary N) is 1. The summed E-state index contributed by atoms with van der Waals surface area (Å²) in [5, 5.41) is 3.40. The van der Waals surface area contributed by atoms with Crippen molar-refractivity contribution in [3.05, 3.63) is 63.5 Å². The van der Waals surface area contributed by atoms with Crippen molar-refractivity contribution in [2.45, 2.75) is 24.9 Å². The molecule has 0 spiro atoms. The summed E-state index contributed by atoms with van der Waals surface area (Å²) >= 11 is 6.16. The minimum absolute atomic E-state index is 0.175. The van der Waals surface area contributed by atoms with Crippen molar-refractivity contribution < 1.29 is 9.53 Å². The van der Waals surface area contributed by atoms with Gasteiger partial charge in [0.15, 0.2) is 0 Å². The average Bonchev–Trinajstić information content (AvgIpc) is 2.60. The molecule has 2 aromatic rings. The molecule has 0 bridgehead atoms. The fourth-order valence-electron chi connectivity index (χ4n) is 2.76. The van der Waals surface area contributed by atoms with Crippen LogP contribution >= 0.6 is 11.6 Å². The Morgan fingerprint density at radius 2 is 1.96 bits per heavy atom. The molecule has 0 saturated carbocycles. The van der Waals surface area contributed by atoms with Gasteiger partial charge in [-0.25, -0.2) is 0 Å². The molecule has 1 aromatic carbocycles. The van der Waals surface area contributed by atoms with E-state index in [1.54, 1.807) is 18.3 Å². The summed E-state index contributed by atoms with van der Waals surface area (Å²) in [6.45, 7) is 1.26. The number of pyridine rings is 1. The monoisotopic (exact) mass is 361 g/mol. The van der Waals surface area contributed by atoms with Gasteiger partial charge >= 0.3 is 0 Å². The molecule has 0 aliphatic carbocycles. The molecule has 7 heteroatoms. The number of benzene rings is 1. The van der Waals surface area contributed by atoms with Crippen LogP contribution in [-0.4, -0.2) is 29.2 Å². The van der Waals surface area contributed by atoms with Gasteiger partial charge in [-0.2, -0.15) is 0 Å². The van der Waals surface area contributed by atoms with E-state index in [-0.39, 0.29) is 11.5 Å².